The number of benzene rings is 2. The van der Waals surface area contributed by atoms with Gasteiger partial charge in [0, 0.05) is 18.2 Å². The minimum absolute atomic E-state index is 0.343. The lowest BCUT2D eigenvalue weighted by atomic mass is 10.1. The van der Waals surface area contributed by atoms with E-state index in [4.69, 9.17) is 14.2 Å². The molecule has 6 nitrogen and oxygen atoms in total. The van der Waals surface area contributed by atoms with Gasteiger partial charge in [-0.25, -0.2) is 5.43 Å². The zero-order valence-corrected chi connectivity index (χ0v) is 16.0. The number of nitrogens with zero attached hydrogens (tertiary/aromatic N) is 1. The molecule has 2 rings (SSSR count). The van der Waals surface area contributed by atoms with Crippen LogP contribution in [-0.4, -0.2) is 31.9 Å². The number of hydrogen-bond acceptors (Lipinski definition) is 5. The Morgan fingerprint density at radius 3 is 2.11 bits per heavy atom. The second-order valence-electron chi connectivity index (χ2n) is 5.54. The van der Waals surface area contributed by atoms with E-state index in [9.17, 15) is 4.79 Å². The average Bonchev–Trinajstić information content (AvgIpc) is 2.68. The molecule has 0 heterocycles. The average molecular weight is 370 g/mol. The van der Waals surface area contributed by atoms with E-state index in [0.29, 0.717) is 49.1 Å². The summed E-state index contributed by atoms with van der Waals surface area (Å²) >= 11 is 0. The Kier molecular flexibility index (Phi) is 8.16. The second kappa shape index (κ2) is 10.9. The van der Waals surface area contributed by atoms with Gasteiger partial charge >= 0.3 is 0 Å². The van der Waals surface area contributed by atoms with Gasteiger partial charge in [-0.2, -0.15) is 5.10 Å². The molecule has 2 aromatic carbocycles. The number of hydrogen-bond donors (Lipinski definition) is 1. The van der Waals surface area contributed by atoms with E-state index in [2.05, 4.69) is 10.5 Å². The molecule has 0 saturated heterocycles. The molecule has 0 unspecified atom stereocenters. The maximum absolute atomic E-state index is 12.5. The van der Waals surface area contributed by atoms with E-state index in [-0.39, 0.29) is 5.91 Å². The van der Waals surface area contributed by atoms with Gasteiger partial charge in [-0.3, -0.25) is 4.79 Å². The lowest BCUT2D eigenvalue weighted by Gasteiger charge is -2.16. The summed E-state index contributed by atoms with van der Waals surface area (Å²) < 4.78 is 16.9. The maximum atomic E-state index is 12.5. The highest BCUT2D eigenvalue weighted by Crippen LogP contribution is 2.39. The van der Waals surface area contributed by atoms with Gasteiger partial charge in [-0.05, 0) is 38.5 Å². The zero-order valence-electron chi connectivity index (χ0n) is 16.0. The molecular formula is C21H26N2O4. The predicted octanol–water partition coefficient (Wildman–Crippen LogP) is 3.84. The highest BCUT2D eigenvalue weighted by Gasteiger charge is 2.18. The monoisotopic (exact) mass is 370 g/mol. The Balaban J connectivity index is 2.14. The fourth-order valence-corrected chi connectivity index (χ4v) is 2.45. The standard InChI is InChI=1S/C21H26N2O4/c1-4-25-18-14-17(15-19(26-5-2)20(18)27-6-3)21(24)23-22-13-12-16-10-8-7-9-11-16/h7-11,13-15H,4-6,12H2,1-3H3,(H,23,24). The first-order chi connectivity index (χ1) is 13.2. The Labute approximate surface area is 160 Å². The molecule has 144 valence electrons. The van der Waals surface area contributed by atoms with Crippen LogP contribution in [0.25, 0.3) is 0 Å². The van der Waals surface area contributed by atoms with E-state index in [1.54, 1.807) is 18.3 Å². The van der Waals surface area contributed by atoms with Gasteiger partial charge in [-0.1, -0.05) is 30.3 Å². The first-order valence-electron chi connectivity index (χ1n) is 9.11. The summed E-state index contributed by atoms with van der Waals surface area (Å²) in [5.41, 5.74) is 4.05. The fourth-order valence-electron chi connectivity index (χ4n) is 2.45. The highest BCUT2D eigenvalue weighted by molar-refractivity contribution is 5.95. The number of amides is 1. The van der Waals surface area contributed by atoms with Crippen LogP contribution in [0.5, 0.6) is 17.2 Å². The number of carbonyl (C=O) groups is 1. The van der Waals surface area contributed by atoms with Crippen LogP contribution >= 0.6 is 0 Å². The van der Waals surface area contributed by atoms with Gasteiger partial charge in [0.15, 0.2) is 11.5 Å². The van der Waals surface area contributed by atoms with Crippen molar-refractivity contribution in [1.82, 2.24) is 5.43 Å². The molecule has 0 radical (unpaired) electrons. The van der Waals surface area contributed by atoms with Gasteiger partial charge in [-0.15, -0.1) is 0 Å². The highest BCUT2D eigenvalue weighted by atomic mass is 16.5. The molecule has 1 amide bonds. The molecule has 1 N–H and O–H groups in total. The molecule has 0 atom stereocenters. The number of carbonyl (C=O) groups excluding carboxylic acids is 1. The molecule has 0 spiro atoms. The van der Waals surface area contributed by atoms with Gasteiger partial charge in [0.2, 0.25) is 5.75 Å². The topological polar surface area (TPSA) is 69.2 Å². The molecular weight excluding hydrogens is 344 g/mol. The van der Waals surface area contributed by atoms with Crippen LogP contribution in [0.3, 0.4) is 0 Å². The van der Waals surface area contributed by atoms with E-state index in [0.717, 1.165) is 5.56 Å². The quantitative estimate of drug-likeness (QED) is 0.510. The summed E-state index contributed by atoms with van der Waals surface area (Å²) in [5.74, 6) is 1.11. The first-order valence-corrected chi connectivity index (χ1v) is 9.11. The Bertz CT molecular complexity index is 733. The van der Waals surface area contributed by atoms with Crippen LogP contribution in [0.2, 0.25) is 0 Å². The minimum atomic E-state index is -0.343. The van der Waals surface area contributed by atoms with Crippen molar-refractivity contribution in [3.8, 4) is 17.2 Å². The molecule has 0 bridgehead atoms. The number of ether oxygens (including phenoxy) is 3. The Morgan fingerprint density at radius 2 is 1.56 bits per heavy atom. The van der Waals surface area contributed by atoms with E-state index < -0.39 is 0 Å². The van der Waals surface area contributed by atoms with Crippen LogP contribution in [-0.2, 0) is 6.42 Å². The van der Waals surface area contributed by atoms with Crippen molar-refractivity contribution in [2.75, 3.05) is 19.8 Å². The summed E-state index contributed by atoms with van der Waals surface area (Å²) in [7, 11) is 0. The SMILES string of the molecule is CCOc1cc(C(=O)NN=CCc2ccccc2)cc(OCC)c1OCC. The van der Waals surface area contributed by atoms with E-state index in [1.807, 2.05) is 51.1 Å². The van der Waals surface area contributed by atoms with Gasteiger partial charge in [0.1, 0.15) is 0 Å². The third-order valence-electron chi connectivity index (χ3n) is 3.60. The minimum Gasteiger partial charge on any atom is -0.490 e. The smallest absolute Gasteiger partial charge is 0.271 e. The summed E-state index contributed by atoms with van der Waals surface area (Å²) in [4.78, 5) is 12.5. The summed E-state index contributed by atoms with van der Waals surface area (Å²) in [6, 6.07) is 13.2. The van der Waals surface area contributed by atoms with Crippen molar-refractivity contribution in [2.24, 2.45) is 5.10 Å². The first kappa shape index (κ1) is 20.3. The molecule has 2 aromatic rings. The van der Waals surface area contributed by atoms with Crippen molar-refractivity contribution in [1.29, 1.82) is 0 Å². The molecule has 0 aliphatic rings. The number of hydrazone groups is 1. The Hall–Kier alpha value is -3.02. The molecule has 0 aliphatic heterocycles. The largest absolute Gasteiger partial charge is 0.490 e. The van der Waals surface area contributed by atoms with Crippen LogP contribution in [0, 0.1) is 0 Å². The number of rotatable bonds is 10. The molecule has 0 aromatic heterocycles. The lowest BCUT2D eigenvalue weighted by Crippen LogP contribution is -2.18. The van der Waals surface area contributed by atoms with Crippen molar-refractivity contribution in [2.45, 2.75) is 27.2 Å². The summed E-state index contributed by atoms with van der Waals surface area (Å²) in [6.07, 6.45) is 2.30. The van der Waals surface area contributed by atoms with Crippen LogP contribution in [0.1, 0.15) is 36.7 Å². The van der Waals surface area contributed by atoms with Crippen LogP contribution < -0.4 is 19.6 Å². The van der Waals surface area contributed by atoms with Crippen molar-refractivity contribution in [3.63, 3.8) is 0 Å². The van der Waals surface area contributed by atoms with Gasteiger partial charge in [0.25, 0.3) is 5.91 Å². The molecule has 0 fully saturated rings. The summed E-state index contributed by atoms with van der Waals surface area (Å²) in [5, 5.41) is 4.02. The second-order valence-corrected chi connectivity index (χ2v) is 5.54. The van der Waals surface area contributed by atoms with Crippen molar-refractivity contribution >= 4 is 12.1 Å². The third kappa shape index (κ3) is 6.02. The molecule has 0 aliphatic carbocycles. The van der Waals surface area contributed by atoms with Crippen molar-refractivity contribution < 1.29 is 19.0 Å². The molecule has 6 heteroatoms. The van der Waals surface area contributed by atoms with Gasteiger partial charge < -0.3 is 14.2 Å². The van der Waals surface area contributed by atoms with Crippen LogP contribution in [0.4, 0.5) is 0 Å². The number of nitrogens with one attached hydrogen (secondary N) is 1. The predicted molar refractivity (Wildman–Crippen MR) is 106 cm³/mol. The van der Waals surface area contributed by atoms with Gasteiger partial charge in [0.05, 0.1) is 19.8 Å². The maximum Gasteiger partial charge on any atom is 0.271 e. The van der Waals surface area contributed by atoms with E-state index in [1.165, 1.54) is 0 Å². The third-order valence-corrected chi connectivity index (χ3v) is 3.60. The van der Waals surface area contributed by atoms with Crippen LogP contribution in [0.15, 0.2) is 47.6 Å². The molecule has 27 heavy (non-hydrogen) atoms. The Morgan fingerprint density at radius 1 is 0.963 bits per heavy atom. The van der Waals surface area contributed by atoms with Crippen molar-refractivity contribution in [3.05, 3.63) is 53.6 Å². The zero-order chi connectivity index (χ0) is 19.5. The molecule has 0 saturated carbocycles. The fraction of sp³-hybridized carbons (Fsp3) is 0.333. The van der Waals surface area contributed by atoms with E-state index >= 15 is 0 Å². The normalized spacial score (nSPS) is 10.6. The lowest BCUT2D eigenvalue weighted by molar-refractivity contribution is 0.0954. The summed E-state index contributed by atoms with van der Waals surface area (Å²) in [6.45, 7) is 6.99.